The molecule has 5 heteroatoms. The van der Waals surface area contributed by atoms with E-state index in [0.29, 0.717) is 17.9 Å². The number of urea groups is 1. The van der Waals surface area contributed by atoms with Crippen molar-refractivity contribution in [2.75, 3.05) is 11.9 Å². The normalized spacial score (nSPS) is 10.7. The van der Waals surface area contributed by atoms with Gasteiger partial charge in [0.05, 0.1) is 6.61 Å². The second-order valence-electron chi connectivity index (χ2n) is 4.97. The Morgan fingerprint density at radius 1 is 1.17 bits per heavy atom. The van der Waals surface area contributed by atoms with Crippen LogP contribution in [0.2, 0.25) is 0 Å². The molecule has 4 nitrogen and oxygen atoms in total. The van der Waals surface area contributed by atoms with Gasteiger partial charge >= 0.3 is 6.03 Å². The lowest BCUT2D eigenvalue weighted by Gasteiger charge is -2.06. The molecule has 2 aromatic rings. The van der Waals surface area contributed by atoms with E-state index < -0.39 is 6.03 Å². The number of carbonyl (C=O) groups is 1. The summed E-state index contributed by atoms with van der Waals surface area (Å²) < 4.78 is 18.3. The summed E-state index contributed by atoms with van der Waals surface area (Å²) in [7, 11) is 0. The molecule has 2 amide bonds. The van der Waals surface area contributed by atoms with E-state index in [0.717, 1.165) is 18.6 Å². The maximum atomic E-state index is 12.8. The number of benzene rings is 2. The van der Waals surface area contributed by atoms with Gasteiger partial charge in [-0.25, -0.2) is 14.2 Å². The van der Waals surface area contributed by atoms with Crippen LogP contribution in [0.3, 0.4) is 0 Å². The number of anilines is 1. The van der Waals surface area contributed by atoms with Crippen LogP contribution in [0.4, 0.5) is 14.9 Å². The molecule has 23 heavy (non-hydrogen) atoms. The molecule has 2 rings (SSSR count). The average molecular weight is 314 g/mol. The summed E-state index contributed by atoms with van der Waals surface area (Å²) in [6, 6.07) is 12.4. The van der Waals surface area contributed by atoms with Gasteiger partial charge in [-0.2, -0.15) is 0 Å². The Kier molecular flexibility index (Phi) is 6.29. The first-order chi connectivity index (χ1) is 11.2. The molecule has 0 bridgehead atoms. The molecule has 1 N–H and O–H groups in total. The Hall–Kier alpha value is -2.69. The smallest absolute Gasteiger partial charge is 0.345 e. The Bertz CT molecular complexity index is 652. The molecule has 0 fully saturated rings. The molecule has 0 unspecified atom stereocenters. The third kappa shape index (κ3) is 5.90. The van der Waals surface area contributed by atoms with Crippen molar-refractivity contribution in [3.8, 4) is 5.75 Å². The molecule has 120 valence electrons. The van der Waals surface area contributed by atoms with Gasteiger partial charge in [-0.15, -0.1) is 0 Å². The van der Waals surface area contributed by atoms with Crippen molar-refractivity contribution in [3.63, 3.8) is 0 Å². The molecule has 0 aliphatic carbocycles. The fourth-order valence-corrected chi connectivity index (χ4v) is 1.81. The Labute approximate surface area is 135 Å². The van der Waals surface area contributed by atoms with Gasteiger partial charge in [0.2, 0.25) is 0 Å². The van der Waals surface area contributed by atoms with Gasteiger partial charge in [-0.1, -0.05) is 25.5 Å². The second kappa shape index (κ2) is 8.68. The van der Waals surface area contributed by atoms with Gasteiger partial charge in [0, 0.05) is 11.9 Å². The van der Waals surface area contributed by atoms with Gasteiger partial charge in [-0.3, -0.25) is 0 Å². The van der Waals surface area contributed by atoms with Crippen LogP contribution in [0, 0.1) is 5.82 Å². The van der Waals surface area contributed by atoms with Crippen LogP contribution in [0.5, 0.6) is 5.75 Å². The van der Waals surface area contributed by atoms with Crippen LogP contribution in [0.25, 0.3) is 0 Å². The lowest BCUT2D eigenvalue weighted by atomic mass is 10.2. The molecule has 0 aromatic heterocycles. The topological polar surface area (TPSA) is 50.7 Å². The zero-order valence-electron chi connectivity index (χ0n) is 13.0. The Morgan fingerprint density at radius 3 is 2.52 bits per heavy atom. The zero-order valence-corrected chi connectivity index (χ0v) is 13.0. The molecule has 2 aromatic carbocycles. The summed E-state index contributed by atoms with van der Waals surface area (Å²) >= 11 is 0. The largest absolute Gasteiger partial charge is 0.494 e. The first kappa shape index (κ1) is 16.7. The van der Waals surface area contributed by atoms with Crippen molar-refractivity contribution in [2.45, 2.75) is 19.8 Å². The third-order valence-electron chi connectivity index (χ3n) is 3.07. The number of ether oxygens (including phenoxy) is 1. The molecule has 0 spiro atoms. The molecule has 0 radical (unpaired) electrons. The number of hydrogen-bond donors (Lipinski definition) is 1. The van der Waals surface area contributed by atoms with E-state index in [1.165, 1.54) is 18.3 Å². The predicted octanol–water partition coefficient (Wildman–Crippen LogP) is 4.66. The van der Waals surface area contributed by atoms with E-state index in [1.54, 1.807) is 36.4 Å². The van der Waals surface area contributed by atoms with E-state index in [-0.39, 0.29) is 5.82 Å². The van der Waals surface area contributed by atoms with E-state index in [9.17, 15) is 9.18 Å². The van der Waals surface area contributed by atoms with Crippen LogP contribution in [-0.2, 0) is 0 Å². The number of amides is 2. The highest BCUT2D eigenvalue weighted by molar-refractivity contribution is 5.97. The van der Waals surface area contributed by atoms with Gasteiger partial charge in [0.25, 0.3) is 0 Å². The van der Waals surface area contributed by atoms with Gasteiger partial charge < -0.3 is 10.1 Å². The fraction of sp³-hybridized carbons (Fsp3) is 0.222. The van der Waals surface area contributed by atoms with Crippen molar-refractivity contribution in [1.82, 2.24) is 0 Å². The standard InChI is InChI=1S/C18H19FN2O2/c1-2-3-12-23-17-10-8-16(9-11-17)21-18(22)20-13-14-4-6-15(19)7-5-14/h4-11,13H,2-3,12H2,1H3,(H,21,22)/b20-13+. The predicted molar refractivity (Wildman–Crippen MR) is 89.9 cm³/mol. The molecule has 0 aliphatic heterocycles. The highest BCUT2D eigenvalue weighted by atomic mass is 19.1. The van der Waals surface area contributed by atoms with Crippen LogP contribution in [-0.4, -0.2) is 18.9 Å². The lowest BCUT2D eigenvalue weighted by Crippen LogP contribution is -2.06. The van der Waals surface area contributed by atoms with Crippen molar-refractivity contribution < 1.29 is 13.9 Å². The Morgan fingerprint density at radius 2 is 1.87 bits per heavy atom. The molecule has 0 atom stereocenters. The maximum absolute atomic E-state index is 12.8. The zero-order chi connectivity index (χ0) is 16.5. The van der Waals surface area contributed by atoms with Gasteiger partial charge in [0.15, 0.2) is 0 Å². The highest BCUT2D eigenvalue weighted by Gasteiger charge is 2.00. The summed E-state index contributed by atoms with van der Waals surface area (Å²) in [5.74, 6) is 0.444. The number of aliphatic imine (C=N–C) groups is 1. The molecule has 0 saturated carbocycles. The quantitative estimate of drug-likeness (QED) is 0.623. The van der Waals surface area contributed by atoms with Crippen LogP contribution >= 0.6 is 0 Å². The first-order valence-electron chi connectivity index (χ1n) is 7.51. The minimum absolute atomic E-state index is 0.326. The summed E-state index contributed by atoms with van der Waals surface area (Å²) in [5, 5.41) is 2.65. The summed E-state index contributed by atoms with van der Waals surface area (Å²) in [4.78, 5) is 15.5. The van der Waals surface area contributed by atoms with Gasteiger partial charge in [-0.05, 0) is 48.4 Å². The number of nitrogens with zero attached hydrogens (tertiary/aromatic N) is 1. The van der Waals surface area contributed by atoms with E-state index in [1.807, 2.05) is 0 Å². The van der Waals surface area contributed by atoms with Crippen LogP contribution in [0.1, 0.15) is 25.3 Å². The summed E-state index contributed by atoms with van der Waals surface area (Å²) in [6.45, 7) is 2.79. The monoisotopic (exact) mass is 314 g/mol. The van der Waals surface area contributed by atoms with Crippen LogP contribution < -0.4 is 10.1 Å². The number of hydrogen-bond acceptors (Lipinski definition) is 2. The maximum Gasteiger partial charge on any atom is 0.345 e. The van der Waals surface area contributed by atoms with Crippen molar-refractivity contribution in [3.05, 3.63) is 59.9 Å². The average Bonchev–Trinajstić information content (AvgIpc) is 2.56. The van der Waals surface area contributed by atoms with E-state index in [2.05, 4.69) is 17.2 Å². The molecular weight excluding hydrogens is 295 g/mol. The second-order valence-corrected chi connectivity index (χ2v) is 4.97. The molecule has 0 heterocycles. The molecule has 0 aliphatic rings. The number of rotatable bonds is 6. The fourth-order valence-electron chi connectivity index (χ4n) is 1.81. The lowest BCUT2D eigenvalue weighted by molar-refractivity contribution is 0.259. The van der Waals surface area contributed by atoms with Crippen LogP contribution in [0.15, 0.2) is 53.5 Å². The van der Waals surface area contributed by atoms with E-state index >= 15 is 0 Å². The minimum Gasteiger partial charge on any atom is -0.494 e. The van der Waals surface area contributed by atoms with Crippen molar-refractivity contribution in [2.24, 2.45) is 4.99 Å². The SMILES string of the molecule is CCCCOc1ccc(NC(=O)/N=C/c2ccc(F)cc2)cc1. The van der Waals surface area contributed by atoms with Crippen molar-refractivity contribution in [1.29, 1.82) is 0 Å². The first-order valence-corrected chi connectivity index (χ1v) is 7.51. The number of halogens is 1. The number of nitrogens with one attached hydrogen (secondary N) is 1. The van der Waals surface area contributed by atoms with E-state index in [4.69, 9.17) is 4.74 Å². The van der Waals surface area contributed by atoms with Crippen molar-refractivity contribution >= 4 is 17.9 Å². The minimum atomic E-state index is -0.492. The van der Waals surface area contributed by atoms with Gasteiger partial charge in [0.1, 0.15) is 11.6 Å². The molecule has 0 saturated heterocycles. The number of carbonyl (C=O) groups excluding carboxylic acids is 1. The third-order valence-corrected chi connectivity index (χ3v) is 3.07. The highest BCUT2D eigenvalue weighted by Crippen LogP contribution is 2.16. The Balaban J connectivity index is 1.86. The molecular formula is C18H19FN2O2. The number of unbranched alkanes of at least 4 members (excludes halogenated alkanes) is 1. The summed E-state index contributed by atoms with van der Waals surface area (Å²) in [6.07, 6.45) is 3.48. The summed E-state index contributed by atoms with van der Waals surface area (Å²) in [5.41, 5.74) is 1.29.